The number of benzene rings is 1. The predicted molar refractivity (Wildman–Crippen MR) is 140 cm³/mol. The van der Waals surface area contributed by atoms with E-state index < -0.39 is 0 Å². The van der Waals surface area contributed by atoms with Crippen molar-refractivity contribution in [1.29, 1.82) is 0 Å². The van der Waals surface area contributed by atoms with Crippen molar-refractivity contribution in [2.45, 2.75) is 45.2 Å². The highest BCUT2D eigenvalue weighted by atomic mass is 79.9. The number of aromatic nitrogens is 4. The lowest BCUT2D eigenvalue weighted by molar-refractivity contribution is 0.0919. The monoisotopic (exact) mass is 553 g/mol. The second-order valence-electron chi connectivity index (χ2n) is 9.03. The molecule has 5 rings (SSSR count). The molecule has 7 nitrogen and oxygen atoms in total. The molecular weight excluding hydrogens is 530 g/mol. The molecule has 180 valence electrons. The Hall–Kier alpha value is -2.97. The normalized spacial score (nSPS) is 18.0. The number of pyridine rings is 2. The third kappa shape index (κ3) is 4.90. The van der Waals surface area contributed by atoms with Crippen LogP contribution in [0.25, 0.3) is 16.7 Å². The fraction of sp³-hybridized carbons (Fsp3) is 0.308. The van der Waals surface area contributed by atoms with Crippen LogP contribution in [0.15, 0.2) is 64.3 Å². The van der Waals surface area contributed by atoms with Gasteiger partial charge >= 0.3 is 5.69 Å². The number of aryl methyl sites for hydroxylation is 1. The van der Waals surface area contributed by atoms with Crippen LogP contribution in [0.5, 0.6) is 0 Å². The maximum atomic E-state index is 13.5. The average Bonchev–Trinajstić information content (AvgIpc) is 3.13. The first kappa shape index (κ1) is 23.8. The van der Waals surface area contributed by atoms with Gasteiger partial charge in [0.25, 0.3) is 5.91 Å². The summed E-state index contributed by atoms with van der Waals surface area (Å²) >= 11 is 9.43. The number of nitrogens with zero attached hydrogens (tertiary/aromatic N) is 4. The Balaban J connectivity index is 1.31. The van der Waals surface area contributed by atoms with Gasteiger partial charge in [-0.15, -0.1) is 0 Å². The summed E-state index contributed by atoms with van der Waals surface area (Å²) in [4.78, 5) is 34.6. The fourth-order valence-electron chi connectivity index (χ4n) is 4.91. The molecule has 0 spiro atoms. The molecule has 4 aromatic rings. The molecule has 1 aromatic carbocycles. The largest absolute Gasteiger partial charge is 0.349 e. The Kier molecular flexibility index (Phi) is 6.75. The van der Waals surface area contributed by atoms with Gasteiger partial charge in [-0.1, -0.05) is 23.7 Å². The second-order valence-corrected chi connectivity index (χ2v) is 10.3. The minimum Gasteiger partial charge on any atom is -0.349 e. The third-order valence-electron chi connectivity index (χ3n) is 6.72. The molecule has 3 aromatic heterocycles. The molecule has 0 aliphatic heterocycles. The molecule has 0 bridgehead atoms. The van der Waals surface area contributed by atoms with Gasteiger partial charge in [-0.2, -0.15) is 0 Å². The highest BCUT2D eigenvalue weighted by Crippen LogP contribution is 2.28. The topological polar surface area (TPSA) is 81.8 Å². The van der Waals surface area contributed by atoms with E-state index in [-0.39, 0.29) is 17.6 Å². The zero-order valence-corrected chi connectivity index (χ0v) is 21.6. The van der Waals surface area contributed by atoms with Crippen LogP contribution in [0, 0.1) is 12.8 Å². The lowest BCUT2D eigenvalue weighted by atomic mass is 9.85. The van der Waals surface area contributed by atoms with E-state index in [2.05, 4.69) is 31.2 Å². The lowest BCUT2D eigenvalue weighted by Crippen LogP contribution is -2.39. The van der Waals surface area contributed by atoms with Crippen molar-refractivity contribution in [3.05, 3.63) is 86.2 Å². The average molecular weight is 555 g/mol. The van der Waals surface area contributed by atoms with Gasteiger partial charge in [-0.25, -0.2) is 9.78 Å². The van der Waals surface area contributed by atoms with Crippen LogP contribution in [-0.2, 0) is 6.54 Å². The van der Waals surface area contributed by atoms with Crippen molar-refractivity contribution in [2.24, 2.45) is 5.92 Å². The number of nitrogens with one attached hydrogen (secondary N) is 1. The van der Waals surface area contributed by atoms with E-state index in [0.717, 1.165) is 42.4 Å². The molecule has 0 atom stereocenters. The van der Waals surface area contributed by atoms with E-state index in [9.17, 15) is 9.59 Å². The Morgan fingerprint density at radius 2 is 1.86 bits per heavy atom. The molecule has 1 fully saturated rings. The van der Waals surface area contributed by atoms with E-state index in [1.807, 2.05) is 41.0 Å². The van der Waals surface area contributed by atoms with Crippen LogP contribution < -0.4 is 11.0 Å². The number of carbonyl (C=O) groups excluding carboxylic acids is 1. The van der Waals surface area contributed by atoms with E-state index >= 15 is 0 Å². The molecule has 9 heteroatoms. The highest BCUT2D eigenvalue weighted by Gasteiger charge is 2.25. The Bertz CT molecular complexity index is 1460. The molecule has 3 heterocycles. The summed E-state index contributed by atoms with van der Waals surface area (Å²) in [5.41, 5.74) is 3.71. The van der Waals surface area contributed by atoms with Gasteiger partial charge in [0.05, 0.1) is 33.0 Å². The number of fused-ring (bicyclic) bond motifs is 1. The smallest absolute Gasteiger partial charge is 0.333 e. The molecule has 1 saturated carbocycles. The fourth-order valence-corrected chi connectivity index (χ4v) is 5.42. The number of hydrogen-bond donors (Lipinski definition) is 1. The van der Waals surface area contributed by atoms with Crippen molar-refractivity contribution in [3.63, 3.8) is 0 Å². The van der Waals surface area contributed by atoms with E-state index in [4.69, 9.17) is 11.6 Å². The molecule has 0 unspecified atom stereocenters. The van der Waals surface area contributed by atoms with Crippen molar-refractivity contribution < 1.29 is 4.79 Å². The van der Waals surface area contributed by atoms with Crippen molar-refractivity contribution in [3.8, 4) is 5.69 Å². The third-order valence-corrected chi connectivity index (χ3v) is 7.37. The zero-order valence-electron chi connectivity index (χ0n) is 19.2. The number of para-hydroxylation sites is 2. The quantitative estimate of drug-likeness (QED) is 0.340. The maximum Gasteiger partial charge on any atom is 0.333 e. The lowest BCUT2D eigenvalue weighted by Gasteiger charge is -2.29. The van der Waals surface area contributed by atoms with E-state index in [1.165, 1.54) is 0 Å². The summed E-state index contributed by atoms with van der Waals surface area (Å²) in [7, 11) is 0. The molecule has 35 heavy (non-hydrogen) atoms. The first-order valence-corrected chi connectivity index (χ1v) is 12.8. The number of rotatable bonds is 5. The molecule has 1 N–H and O–H groups in total. The van der Waals surface area contributed by atoms with Crippen LogP contribution in [0.4, 0.5) is 0 Å². The Labute approximate surface area is 216 Å². The molecule has 1 amide bonds. The molecule has 0 saturated heterocycles. The van der Waals surface area contributed by atoms with Crippen LogP contribution in [0.2, 0.25) is 5.02 Å². The first-order chi connectivity index (χ1) is 16.9. The Morgan fingerprint density at radius 1 is 1.11 bits per heavy atom. The number of halogens is 2. The van der Waals surface area contributed by atoms with Crippen LogP contribution in [0.1, 0.15) is 41.7 Å². The van der Waals surface area contributed by atoms with Crippen LogP contribution in [0.3, 0.4) is 0 Å². The van der Waals surface area contributed by atoms with Gasteiger partial charge in [0.2, 0.25) is 0 Å². The molecular formula is C26H25BrClN5O2. The van der Waals surface area contributed by atoms with Gasteiger partial charge in [0, 0.05) is 25.0 Å². The van der Waals surface area contributed by atoms with Gasteiger partial charge in [0.15, 0.2) is 0 Å². The zero-order chi connectivity index (χ0) is 24.5. The van der Waals surface area contributed by atoms with Crippen molar-refractivity contribution >= 4 is 44.5 Å². The minimum absolute atomic E-state index is 0.0522. The summed E-state index contributed by atoms with van der Waals surface area (Å²) in [5, 5.41) is 3.59. The van der Waals surface area contributed by atoms with Crippen molar-refractivity contribution in [2.75, 3.05) is 0 Å². The number of carbonyl (C=O) groups is 1. The Morgan fingerprint density at radius 3 is 2.60 bits per heavy atom. The molecule has 0 radical (unpaired) electrons. The number of hydrogen-bond acceptors (Lipinski definition) is 4. The number of amides is 1. The predicted octanol–water partition coefficient (Wildman–Crippen LogP) is 5.30. The maximum absolute atomic E-state index is 13.5. The van der Waals surface area contributed by atoms with Gasteiger partial charge < -0.3 is 5.32 Å². The van der Waals surface area contributed by atoms with E-state index in [0.29, 0.717) is 33.3 Å². The van der Waals surface area contributed by atoms with Gasteiger partial charge in [0.1, 0.15) is 4.60 Å². The molecule has 1 aliphatic carbocycles. The van der Waals surface area contributed by atoms with Gasteiger partial charge in [-0.05, 0) is 84.8 Å². The summed E-state index contributed by atoms with van der Waals surface area (Å²) < 4.78 is 4.31. The van der Waals surface area contributed by atoms with Crippen LogP contribution in [-0.4, -0.2) is 31.1 Å². The summed E-state index contributed by atoms with van der Waals surface area (Å²) in [5.74, 6) is 0.225. The summed E-state index contributed by atoms with van der Waals surface area (Å²) in [6.45, 7) is 2.46. The SMILES string of the molecule is Cc1ncc(Cl)cc1C(=O)N[C@H]1CC[C@H](Cn2c(=O)n(-c3ccnc(Br)c3)c3ccccc32)CC1. The number of imidazole rings is 1. The van der Waals surface area contributed by atoms with Crippen LogP contribution >= 0.6 is 27.5 Å². The second kappa shape index (κ2) is 9.95. The summed E-state index contributed by atoms with van der Waals surface area (Å²) in [6.07, 6.45) is 6.84. The first-order valence-electron chi connectivity index (χ1n) is 11.7. The van der Waals surface area contributed by atoms with E-state index in [1.54, 1.807) is 30.0 Å². The molecule has 1 aliphatic rings. The standard InChI is InChI=1S/C26H25BrClN5O2/c1-16-21(12-18(28)14-30-16)25(34)31-19-8-6-17(7-9-19)15-32-22-4-2-3-5-23(22)33(26(32)35)20-10-11-29-24(27)13-20/h2-5,10-14,17,19H,6-9,15H2,1H3,(H,31,34)/t17-,19-. The van der Waals surface area contributed by atoms with Gasteiger partial charge in [-0.3, -0.25) is 18.9 Å². The van der Waals surface area contributed by atoms with Crippen molar-refractivity contribution in [1.82, 2.24) is 24.4 Å². The highest BCUT2D eigenvalue weighted by molar-refractivity contribution is 9.10. The summed E-state index contributed by atoms with van der Waals surface area (Å²) in [6, 6.07) is 13.3. The minimum atomic E-state index is -0.135.